The molecule has 0 unspecified atom stereocenters. The van der Waals surface area contributed by atoms with Crippen LogP contribution in [0, 0.1) is 0 Å². The van der Waals surface area contributed by atoms with E-state index in [0.29, 0.717) is 6.61 Å². The number of ether oxygens (including phenoxy) is 2. The van der Waals surface area contributed by atoms with Crippen molar-refractivity contribution in [1.82, 2.24) is 10.3 Å². The summed E-state index contributed by atoms with van der Waals surface area (Å²) in [4.78, 5) is 4.84. The highest BCUT2D eigenvalue weighted by Crippen LogP contribution is 2.30. The molecule has 0 amide bonds. The van der Waals surface area contributed by atoms with Crippen molar-refractivity contribution < 1.29 is 9.47 Å². The Labute approximate surface area is 132 Å². The highest BCUT2D eigenvalue weighted by atomic mass is 16.5. The summed E-state index contributed by atoms with van der Waals surface area (Å²) in [5.41, 5.74) is 3.25. The minimum absolute atomic E-state index is 0.00365. The number of nitrogens with one attached hydrogen (secondary N) is 1. The molecule has 0 saturated carbocycles. The van der Waals surface area contributed by atoms with E-state index in [1.54, 1.807) is 14.2 Å². The first-order valence-corrected chi connectivity index (χ1v) is 7.64. The van der Waals surface area contributed by atoms with Crippen LogP contribution in [-0.4, -0.2) is 32.4 Å². The summed E-state index contributed by atoms with van der Waals surface area (Å²) in [5.74, 6) is 0.821. The number of methoxy groups -OCH3 is 2. The topological polar surface area (TPSA) is 43.4 Å². The summed E-state index contributed by atoms with van der Waals surface area (Å²) < 4.78 is 10.6. The number of para-hydroxylation sites is 1. The first kappa shape index (κ1) is 16.7. The second-order valence-corrected chi connectivity index (χ2v) is 6.44. The molecule has 1 aromatic heterocycles. The normalized spacial score (nSPS) is 11.9. The molecule has 0 aliphatic carbocycles. The zero-order valence-electron chi connectivity index (χ0n) is 14.2. The maximum Gasteiger partial charge on any atom is 0.145 e. The number of nitrogens with zero attached hydrogens (tertiary/aromatic N) is 1. The van der Waals surface area contributed by atoms with Crippen LogP contribution in [0.3, 0.4) is 0 Å². The highest BCUT2D eigenvalue weighted by Gasteiger charge is 2.19. The van der Waals surface area contributed by atoms with Crippen LogP contribution < -0.4 is 10.1 Å². The van der Waals surface area contributed by atoms with Gasteiger partial charge in [-0.15, -0.1) is 0 Å². The van der Waals surface area contributed by atoms with Gasteiger partial charge in [-0.05, 0) is 17.7 Å². The second kappa shape index (κ2) is 7.07. The lowest BCUT2D eigenvalue weighted by Crippen LogP contribution is -2.20. The van der Waals surface area contributed by atoms with Crippen molar-refractivity contribution >= 4 is 10.9 Å². The third kappa shape index (κ3) is 3.76. The standard InChI is InChI=1S/C18H26N2O2/c1-18(2,3)16-11-13(12-19-9-10-21-4)14-7-6-8-15(22-5)17(14)20-16/h6-8,11,19H,9-10,12H2,1-5H3. The lowest BCUT2D eigenvalue weighted by Gasteiger charge is -2.21. The summed E-state index contributed by atoms with van der Waals surface area (Å²) in [7, 11) is 3.41. The molecule has 1 aromatic carbocycles. The molecule has 1 heterocycles. The number of rotatable bonds is 6. The largest absolute Gasteiger partial charge is 0.494 e. The van der Waals surface area contributed by atoms with E-state index < -0.39 is 0 Å². The summed E-state index contributed by atoms with van der Waals surface area (Å²) in [5, 5.41) is 4.55. The van der Waals surface area contributed by atoms with E-state index in [-0.39, 0.29) is 5.41 Å². The lowest BCUT2D eigenvalue weighted by atomic mass is 9.89. The fourth-order valence-corrected chi connectivity index (χ4v) is 2.38. The van der Waals surface area contributed by atoms with Crippen LogP contribution >= 0.6 is 0 Å². The fraction of sp³-hybridized carbons (Fsp3) is 0.500. The van der Waals surface area contributed by atoms with Gasteiger partial charge in [0.05, 0.1) is 13.7 Å². The van der Waals surface area contributed by atoms with Crippen LogP contribution in [0.1, 0.15) is 32.0 Å². The first-order chi connectivity index (χ1) is 10.5. The van der Waals surface area contributed by atoms with E-state index in [1.807, 2.05) is 12.1 Å². The van der Waals surface area contributed by atoms with Gasteiger partial charge in [0.1, 0.15) is 11.3 Å². The molecule has 22 heavy (non-hydrogen) atoms. The van der Waals surface area contributed by atoms with E-state index in [2.05, 4.69) is 38.2 Å². The van der Waals surface area contributed by atoms with Gasteiger partial charge in [0.25, 0.3) is 0 Å². The molecule has 0 radical (unpaired) electrons. The summed E-state index contributed by atoms with van der Waals surface area (Å²) in [6.45, 7) is 8.86. The van der Waals surface area contributed by atoms with Gasteiger partial charge < -0.3 is 14.8 Å². The molecule has 0 atom stereocenters. The van der Waals surface area contributed by atoms with Crippen LogP contribution in [0.4, 0.5) is 0 Å². The van der Waals surface area contributed by atoms with Gasteiger partial charge in [-0.3, -0.25) is 0 Å². The molecule has 0 saturated heterocycles. The first-order valence-electron chi connectivity index (χ1n) is 7.64. The van der Waals surface area contributed by atoms with E-state index in [1.165, 1.54) is 5.56 Å². The van der Waals surface area contributed by atoms with Crippen LogP contribution in [0.15, 0.2) is 24.3 Å². The van der Waals surface area contributed by atoms with Crippen molar-refractivity contribution in [1.29, 1.82) is 0 Å². The number of aromatic nitrogens is 1. The molecule has 120 valence electrons. The predicted octanol–water partition coefficient (Wildman–Crippen LogP) is 3.28. The van der Waals surface area contributed by atoms with Crippen molar-refractivity contribution in [2.24, 2.45) is 0 Å². The predicted molar refractivity (Wildman–Crippen MR) is 90.6 cm³/mol. The lowest BCUT2D eigenvalue weighted by molar-refractivity contribution is 0.199. The molecule has 2 rings (SSSR count). The molecule has 1 N–H and O–H groups in total. The Morgan fingerprint density at radius 3 is 2.59 bits per heavy atom. The minimum Gasteiger partial charge on any atom is -0.494 e. The van der Waals surface area contributed by atoms with Gasteiger partial charge in [0.15, 0.2) is 0 Å². The van der Waals surface area contributed by atoms with Crippen LogP contribution in [-0.2, 0) is 16.7 Å². The van der Waals surface area contributed by atoms with Gasteiger partial charge in [0, 0.05) is 36.7 Å². The SMILES string of the molecule is COCCNCc1cc(C(C)(C)C)nc2c(OC)cccc12. The van der Waals surface area contributed by atoms with Crippen molar-refractivity contribution in [3.63, 3.8) is 0 Å². The summed E-state index contributed by atoms with van der Waals surface area (Å²) in [6.07, 6.45) is 0. The molecule has 0 fully saturated rings. The Hall–Kier alpha value is -1.65. The molecule has 4 nitrogen and oxygen atoms in total. The number of pyridine rings is 1. The van der Waals surface area contributed by atoms with E-state index in [4.69, 9.17) is 14.5 Å². The quantitative estimate of drug-likeness (QED) is 0.832. The molecule has 2 aromatic rings. The van der Waals surface area contributed by atoms with Crippen molar-refractivity contribution in [2.45, 2.75) is 32.7 Å². The zero-order valence-corrected chi connectivity index (χ0v) is 14.2. The Morgan fingerprint density at radius 1 is 1.18 bits per heavy atom. The van der Waals surface area contributed by atoms with Crippen LogP contribution in [0.5, 0.6) is 5.75 Å². The average molecular weight is 302 g/mol. The minimum atomic E-state index is -0.00365. The summed E-state index contributed by atoms with van der Waals surface area (Å²) >= 11 is 0. The van der Waals surface area contributed by atoms with Crippen molar-refractivity contribution in [3.8, 4) is 5.75 Å². The molecule has 0 aliphatic rings. The van der Waals surface area contributed by atoms with Crippen LogP contribution in [0.25, 0.3) is 10.9 Å². The molecule has 4 heteroatoms. The van der Waals surface area contributed by atoms with Gasteiger partial charge in [-0.1, -0.05) is 32.9 Å². The Morgan fingerprint density at radius 2 is 1.95 bits per heavy atom. The number of benzene rings is 1. The third-order valence-electron chi connectivity index (χ3n) is 3.67. The molecule has 0 bridgehead atoms. The van der Waals surface area contributed by atoms with Gasteiger partial charge >= 0.3 is 0 Å². The van der Waals surface area contributed by atoms with Crippen LogP contribution in [0.2, 0.25) is 0 Å². The van der Waals surface area contributed by atoms with E-state index in [0.717, 1.165) is 35.4 Å². The smallest absolute Gasteiger partial charge is 0.145 e. The zero-order chi connectivity index (χ0) is 16.2. The van der Waals surface area contributed by atoms with Crippen molar-refractivity contribution in [2.75, 3.05) is 27.4 Å². The van der Waals surface area contributed by atoms with Gasteiger partial charge in [0.2, 0.25) is 0 Å². The number of hydrogen-bond acceptors (Lipinski definition) is 4. The molecule has 0 aliphatic heterocycles. The summed E-state index contributed by atoms with van der Waals surface area (Å²) in [6, 6.07) is 8.27. The molecule has 0 spiro atoms. The number of fused-ring (bicyclic) bond motifs is 1. The Bertz CT molecular complexity index is 633. The Balaban J connectivity index is 2.47. The maximum atomic E-state index is 5.49. The second-order valence-electron chi connectivity index (χ2n) is 6.44. The maximum absolute atomic E-state index is 5.49. The van der Waals surface area contributed by atoms with E-state index in [9.17, 15) is 0 Å². The van der Waals surface area contributed by atoms with Gasteiger partial charge in [-0.25, -0.2) is 4.98 Å². The monoisotopic (exact) mass is 302 g/mol. The average Bonchev–Trinajstić information content (AvgIpc) is 2.49. The molecular weight excluding hydrogens is 276 g/mol. The number of hydrogen-bond donors (Lipinski definition) is 1. The van der Waals surface area contributed by atoms with Gasteiger partial charge in [-0.2, -0.15) is 0 Å². The fourth-order valence-electron chi connectivity index (χ4n) is 2.38. The molecular formula is C18H26N2O2. The highest BCUT2D eigenvalue weighted by molar-refractivity contribution is 5.87. The third-order valence-corrected chi connectivity index (χ3v) is 3.67. The van der Waals surface area contributed by atoms with E-state index >= 15 is 0 Å². The van der Waals surface area contributed by atoms with Crippen molar-refractivity contribution in [3.05, 3.63) is 35.5 Å². The Kier molecular flexibility index (Phi) is 5.37.